The van der Waals surface area contributed by atoms with E-state index in [0.717, 1.165) is 5.56 Å². The van der Waals surface area contributed by atoms with Crippen molar-refractivity contribution in [1.29, 1.82) is 0 Å². The number of ether oxygens (including phenoxy) is 1. The lowest BCUT2D eigenvalue weighted by Crippen LogP contribution is -2.56. The zero-order valence-corrected chi connectivity index (χ0v) is 9.94. The van der Waals surface area contributed by atoms with Gasteiger partial charge < -0.3 is 4.74 Å². The van der Waals surface area contributed by atoms with E-state index in [0.29, 0.717) is 23.5 Å². The molecule has 0 bridgehead atoms. The number of nitrogens with one attached hydrogen (secondary N) is 1. The summed E-state index contributed by atoms with van der Waals surface area (Å²) in [5.74, 6) is 0. The number of rotatable bonds is 3. The molecule has 2 heterocycles. The summed E-state index contributed by atoms with van der Waals surface area (Å²) in [6.45, 7) is 0.844. The maximum Gasteiger partial charge on any atom is 0.136 e. The highest BCUT2D eigenvalue weighted by atomic mass is 35.5. The maximum absolute atomic E-state index is 10.6. The van der Waals surface area contributed by atoms with Crippen molar-refractivity contribution < 1.29 is 8.95 Å². The van der Waals surface area contributed by atoms with Crippen LogP contribution in [0.5, 0.6) is 0 Å². The van der Waals surface area contributed by atoms with Gasteiger partial charge in [-0.1, -0.05) is 29.3 Å². The molecule has 0 atom stereocenters. The van der Waals surface area contributed by atoms with Crippen molar-refractivity contribution in [3.8, 4) is 0 Å². The van der Waals surface area contributed by atoms with E-state index in [1.54, 1.807) is 12.1 Å². The second-order valence-electron chi connectivity index (χ2n) is 3.25. The summed E-state index contributed by atoms with van der Waals surface area (Å²) < 4.78 is 18.5. The van der Waals surface area contributed by atoms with Crippen LogP contribution in [0.15, 0.2) is 12.1 Å². The Morgan fingerprint density at radius 1 is 1.47 bits per heavy atom. The Hall–Kier alpha value is -0.200. The Morgan fingerprint density at radius 2 is 2.20 bits per heavy atom. The first-order valence-corrected chi connectivity index (χ1v) is 5.74. The first-order chi connectivity index (χ1) is 7.18. The molecule has 15 heavy (non-hydrogen) atoms. The van der Waals surface area contributed by atoms with Crippen molar-refractivity contribution in [1.82, 2.24) is 9.71 Å². The van der Waals surface area contributed by atoms with Gasteiger partial charge in [0.15, 0.2) is 0 Å². The van der Waals surface area contributed by atoms with E-state index < -0.39 is 5.54 Å². The Balaban J connectivity index is 2.38. The molecule has 0 amide bonds. The van der Waals surface area contributed by atoms with Gasteiger partial charge in [-0.25, -0.2) is 13.9 Å². The van der Waals surface area contributed by atoms with Crippen molar-refractivity contribution >= 4 is 35.1 Å². The molecule has 1 aromatic heterocycles. The smallest absolute Gasteiger partial charge is 0.136 e. The Bertz CT molecular complexity index is 398. The molecule has 1 aromatic rings. The van der Waals surface area contributed by atoms with Crippen LogP contribution in [0, 0.1) is 0 Å². The van der Waals surface area contributed by atoms with E-state index in [-0.39, 0.29) is 11.9 Å². The predicted molar refractivity (Wildman–Crippen MR) is 59.4 cm³/mol. The minimum absolute atomic E-state index is 0.160. The molecule has 0 unspecified atom stereocenters. The quantitative estimate of drug-likeness (QED) is 0.636. The average molecular weight is 267 g/mol. The zero-order chi connectivity index (χ0) is 10.9. The van der Waals surface area contributed by atoms with Crippen LogP contribution in [0.1, 0.15) is 5.56 Å². The fourth-order valence-corrected chi connectivity index (χ4v) is 2.39. The molecular weight excluding hydrogens is 259 g/mol. The van der Waals surface area contributed by atoms with E-state index in [2.05, 4.69) is 9.71 Å². The summed E-state index contributed by atoms with van der Waals surface area (Å²) in [4.78, 5) is 3.93. The highest BCUT2D eigenvalue weighted by Gasteiger charge is 2.42. The van der Waals surface area contributed by atoms with Crippen LogP contribution in [0.4, 0.5) is 0 Å². The van der Waals surface area contributed by atoms with Crippen molar-refractivity contribution in [2.24, 2.45) is 0 Å². The van der Waals surface area contributed by atoms with Gasteiger partial charge in [-0.15, -0.1) is 0 Å². The minimum Gasteiger partial charge on any atom is -0.377 e. The molecule has 1 aliphatic heterocycles. The summed E-state index contributed by atoms with van der Waals surface area (Å²) in [6.07, 6.45) is 0. The van der Waals surface area contributed by atoms with E-state index in [1.807, 2.05) is 0 Å². The van der Waals surface area contributed by atoms with Gasteiger partial charge >= 0.3 is 0 Å². The third kappa shape index (κ3) is 2.03. The molecule has 7 heteroatoms. The number of halogens is 2. The monoisotopic (exact) mass is 266 g/mol. The van der Waals surface area contributed by atoms with Gasteiger partial charge in [0.1, 0.15) is 15.8 Å². The van der Waals surface area contributed by atoms with Gasteiger partial charge in [-0.2, -0.15) is 0 Å². The molecule has 82 valence electrons. The second kappa shape index (κ2) is 4.35. The highest BCUT2D eigenvalue weighted by Crippen LogP contribution is 2.33. The molecular formula is C8H8Cl2N2O2S. The molecule has 2 rings (SSSR count). The van der Waals surface area contributed by atoms with Crippen molar-refractivity contribution in [2.75, 3.05) is 13.2 Å². The van der Waals surface area contributed by atoms with E-state index >= 15 is 0 Å². The summed E-state index contributed by atoms with van der Waals surface area (Å²) >= 11 is 11.5. The standard InChI is InChI=1S/C8H8Cl2N2O2S/c9-6-2-1-5(7(10)11-6)8(12-15-13)3-14-4-8/h1-2,15H,3-4H2,(H,12,13). The lowest BCUT2D eigenvalue weighted by Gasteiger charge is -2.40. The number of hydrogen-bond acceptors (Lipinski definition) is 3. The van der Waals surface area contributed by atoms with Crippen LogP contribution in [-0.4, -0.2) is 22.4 Å². The van der Waals surface area contributed by atoms with Gasteiger partial charge in [0.25, 0.3) is 0 Å². The number of nitrogens with zero attached hydrogens (tertiary/aromatic N) is 1. The van der Waals surface area contributed by atoms with E-state index in [1.165, 1.54) is 0 Å². The maximum atomic E-state index is 10.6. The van der Waals surface area contributed by atoms with Crippen LogP contribution in [-0.2, 0) is 22.1 Å². The molecule has 1 saturated heterocycles. The molecule has 1 fully saturated rings. The predicted octanol–water partition coefficient (Wildman–Crippen LogP) is 1.06. The van der Waals surface area contributed by atoms with Crippen LogP contribution in [0.3, 0.4) is 0 Å². The largest absolute Gasteiger partial charge is 0.377 e. The molecule has 4 nitrogen and oxygen atoms in total. The fourth-order valence-electron chi connectivity index (χ4n) is 1.44. The van der Waals surface area contributed by atoms with Crippen molar-refractivity contribution in [3.05, 3.63) is 28.0 Å². The summed E-state index contributed by atoms with van der Waals surface area (Å²) in [5, 5.41) is 0.640. The van der Waals surface area contributed by atoms with Crippen LogP contribution in [0.2, 0.25) is 10.3 Å². The molecule has 0 spiro atoms. The third-order valence-corrected chi connectivity index (χ3v) is 3.30. The molecule has 0 radical (unpaired) electrons. The van der Waals surface area contributed by atoms with Gasteiger partial charge in [0, 0.05) is 5.56 Å². The van der Waals surface area contributed by atoms with Gasteiger partial charge in [-0.3, -0.25) is 0 Å². The Labute approximate surface area is 101 Å². The number of aromatic nitrogens is 1. The van der Waals surface area contributed by atoms with Crippen molar-refractivity contribution in [2.45, 2.75) is 5.54 Å². The average Bonchev–Trinajstić information content (AvgIpc) is 2.12. The minimum atomic E-state index is -0.502. The SMILES string of the molecule is O=[SH]NC1(c2ccc(Cl)nc2Cl)COC1. The van der Waals surface area contributed by atoms with E-state index in [4.69, 9.17) is 27.9 Å². The van der Waals surface area contributed by atoms with Crippen LogP contribution >= 0.6 is 23.2 Å². The van der Waals surface area contributed by atoms with Gasteiger partial charge in [0.05, 0.1) is 25.1 Å². The third-order valence-electron chi connectivity index (χ3n) is 2.29. The van der Waals surface area contributed by atoms with Crippen molar-refractivity contribution in [3.63, 3.8) is 0 Å². The normalized spacial score (nSPS) is 18.5. The summed E-state index contributed by atoms with van der Waals surface area (Å²) in [6, 6.07) is 3.41. The second-order valence-corrected chi connectivity index (χ2v) is 4.40. The number of pyridine rings is 1. The van der Waals surface area contributed by atoms with Crippen LogP contribution < -0.4 is 4.72 Å². The lowest BCUT2D eigenvalue weighted by molar-refractivity contribution is -0.0654. The Morgan fingerprint density at radius 3 is 2.67 bits per heavy atom. The lowest BCUT2D eigenvalue weighted by atomic mass is 9.90. The highest BCUT2D eigenvalue weighted by molar-refractivity contribution is 7.63. The number of thiol groups is 1. The molecule has 1 N–H and O–H groups in total. The summed E-state index contributed by atoms with van der Waals surface area (Å²) in [5.41, 5.74) is 0.251. The zero-order valence-electron chi connectivity index (χ0n) is 7.54. The first kappa shape index (κ1) is 11.3. The number of hydrogen-bond donors (Lipinski definition) is 2. The summed E-state index contributed by atoms with van der Waals surface area (Å²) in [7, 11) is 0. The van der Waals surface area contributed by atoms with Gasteiger partial charge in [-0.05, 0) is 6.07 Å². The molecule has 0 aromatic carbocycles. The van der Waals surface area contributed by atoms with Gasteiger partial charge in [0.2, 0.25) is 0 Å². The molecule has 1 aliphatic rings. The van der Waals surface area contributed by atoms with Crippen LogP contribution in [0.25, 0.3) is 0 Å². The Kier molecular flexibility index (Phi) is 3.27. The molecule has 0 aliphatic carbocycles. The first-order valence-electron chi connectivity index (χ1n) is 4.18. The fraction of sp³-hybridized carbons (Fsp3) is 0.375. The topological polar surface area (TPSA) is 51.2 Å². The molecule has 0 saturated carbocycles. The van der Waals surface area contributed by atoms with E-state index in [9.17, 15) is 4.21 Å².